The summed E-state index contributed by atoms with van der Waals surface area (Å²) in [6.07, 6.45) is 4.40. The summed E-state index contributed by atoms with van der Waals surface area (Å²) in [6, 6.07) is 19.6. The van der Waals surface area contributed by atoms with Gasteiger partial charge in [-0.1, -0.05) is 24.3 Å². The third-order valence-electron chi connectivity index (χ3n) is 6.46. The van der Waals surface area contributed by atoms with E-state index in [0.717, 1.165) is 48.2 Å². The fraction of sp³-hybridized carbons (Fsp3) is 0.321. The van der Waals surface area contributed by atoms with Crippen molar-refractivity contribution in [2.24, 2.45) is 0 Å². The lowest BCUT2D eigenvalue weighted by molar-refractivity contribution is -0.0482. The Morgan fingerprint density at radius 2 is 1.69 bits per heavy atom. The van der Waals surface area contributed by atoms with Gasteiger partial charge >= 0.3 is 0 Å². The number of hydrogen-bond donors (Lipinski definition) is 1. The molecule has 3 aromatic rings. The molecular formula is C28H30O4. The van der Waals surface area contributed by atoms with Gasteiger partial charge in [0.1, 0.15) is 24.4 Å². The molecule has 0 aromatic heterocycles. The highest BCUT2D eigenvalue weighted by atomic mass is 16.5. The second-order valence-electron chi connectivity index (χ2n) is 8.72. The second-order valence-corrected chi connectivity index (χ2v) is 8.72. The summed E-state index contributed by atoms with van der Waals surface area (Å²) >= 11 is 0. The fourth-order valence-electron chi connectivity index (χ4n) is 4.16. The van der Waals surface area contributed by atoms with Gasteiger partial charge in [0, 0.05) is 12.0 Å². The van der Waals surface area contributed by atoms with Crippen LogP contribution in [-0.4, -0.2) is 23.6 Å². The van der Waals surface area contributed by atoms with Crippen LogP contribution in [0.1, 0.15) is 52.7 Å². The van der Waals surface area contributed by atoms with E-state index in [9.17, 15) is 9.90 Å². The molecule has 0 unspecified atom stereocenters. The SMILES string of the molecule is Cc1cc(OCCC2(O)CCC2)ccc1-c1cccc(COc2ccc(C=O)cc2)c1C. The molecule has 3 aromatic carbocycles. The van der Waals surface area contributed by atoms with Gasteiger partial charge in [-0.3, -0.25) is 4.79 Å². The van der Waals surface area contributed by atoms with E-state index in [1.54, 1.807) is 12.1 Å². The minimum absolute atomic E-state index is 0.462. The van der Waals surface area contributed by atoms with E-state index in [4.69, 9.17) is 9.47 Å². The molecule has 0 atom stereocenters. The Labute approximate surface area is 189 Å². The summed E-state index contributed by atoms with van der Waals surface area (Å²) in [7, 11) is 0. The minimum atomic E-state index is -0.509. The van der Waals surface area contributed by atoms with Crippen LogP contribution < -0.4 is 9.47 Å². The largest absolute Gasteiger partial charge is 0.493 e. The van der Waals surface area contributed by atoms with Crippen LogP contribution in [-0.2, 0) is 6.61 Å². The third-order valence-corrected chi connectivity index (χ3v) is 6.46. The molecule has 0 radical (unpaired) electrons. The summed E-state index contributed by atoms with van der Waals surface area (Å²) in [6.45, 7) is 5.21. The summed E-state index contributed by atoms with van der Waals surface area (Å²) in [5.41, 5.74) is 5.93. The van der Waals surface area contributed by atoms with Gasteiger partial charge in [0.15, 0.2) is 0 Å². The van der Waals surface area contributed by atoms with Gasteiger partial charge in [0.2, 0.25) is 0 Å². The molecule has 1 fully saturated rings. The number of aryl methyl sites for hydroxylation is 1. The van der Waals surface area contributed by atoms with E-state index in [1.165, 1.54) is 16.7 Å². The predicted octanol–water partition coefficient (Wildman–Crippen LogP) is 6.05. The summed E-state index contributed by atoms with van der Waals surface area (Å²) < 4.78 is 11.8. The fourth-order valence-corrected chi connectivity index (χ4v) is 4.16. The van der Waals surface area contributed by atoms with Gasteiger partial charge in [-0.15, -0.1) is 0 Å². The zero-order valence-corrected chi connectivity index (χ0v) is 18.8. The Morgan fingerprint density at radius 3 is 2.34 bits per heavy atom. The highest BCUT2D eigenvalue weighted by Gasteiger charge is 2.33. The number of benzene rings is 3. The third kappa shape index (κ3) is 5.03. The Morgan fingerprint density at radius 1 is 0.938 bits per heavy atom. The van der Waals surface area contributed by atoms with Crippen molar-refractivity contribution >= 4 is 6.29 Å². The summed E-state index contributed by atoms with van der Waals surface area (Å²) in [5.74, 6) is 1.58. The number of aldehydes is 1. The smallest absolute Gasteiger partial charge is 0.150 e. The molecule has 4 heteroatoms. The quantitative estimate of drug-likeness (QED) is 0.420. The first-order valence-electron chi connectivity index (χ1n) is 11.2. The first-order valence-corrected chi connectivity index (χ1v) is 11.2. The molecule has 1 aliphatic carbocycles. The van der Waals surface area contributed by atoms with Crippen LogP contribution in [0.5, 0.6) is 11.5 Å². The van der Waals surface area contributed by atoms with Gasteiger partial charge in [0.05, 0.1) is 12.2 Å². The average Bonchev–Trinajstić information content (AvgIpc) is 2.78. The predicted molar refractivity (Wildman–Crippen MR) is 126 cm³/mol. The van der Waals surface area contributed by atoms with Gasteiger partial charge in [-0.2, -0.15) is 0 Å². The maximum Gasteiger partial charge on any atom is 0.150 e. The first-order chi connectivity index (χ1) is 15.5. The molecule has 1 aliphatic rings. The molecule has 0 amide bonds. The van der Waals surface area contributed by atoms with Gasteiger partial charge < -0.3 is 14.6 Å². The van der Waals surface area contributed by atoms with Crippen molar-refractivity contribution in [1.82, 2.24) is 0 Å². The lowest BCUT2D eigenvalue weighted by atomic mass is 9.78. The Kier molecular flexibility index (Phi) is 6.61. The van der Waals surface area contributed by atoms with Crippen LogP contribution in [0.3, 0.4) is 0 Å². The van der Waals surface area contributed by atoms with Crippen molar-refractivity contribution in [3.8, 4) is 22.6 Å². The maximum absolute atomic E-state index is 10.8. The molecule has 0 bridgehead atoms. The number of hydrogen-bond acceptors (Lipinski definition) is 4. The van der Waals surface area contributed by atoms with E-state index >= 15 is 0 Å². The second kappa shape index (κ2) is 9.58. The van der Waals surface area contributed by atoms with Crippen molar-refractivity contribution in [3.63, 3.8) is 0 Å². The van der Waals surface area contributed by atoms with E-state index in [2.05, 4.69) is 44.2 Å². The molecule has 0 saturated heterocycles. The number of ether oxygens (including phenoxy) is 2. The van der Waals surface area contributed by atoms with E-state index in [1.807, 2.05) is 18.2 Å². The van der Waals surface area contributed by atoms with Crippen LogP contribution in [0, 0.1) is 13.8 Å². The molecule has 4 rings (SSSR count). The topological polar surface area (TPSA) is 55.8 Å². The van der Waals surface area contributed by atoms with Crippen LogP contribution in [0.4, 0.5) is 0 Å². The molecule has 0 heterocycles. The normalized spacial score (nSPS) is 14.5. The van der Waals surface area contributed by atoms with E-state index in [-0.39, 0.29) is 0 Å². The lowest BCUT2D eigenvalue weighted by Crippen LogP contribution is -2.38. The van der Waals surface area contributed by atoms with Crippen molar-refractivity contribution in [3.05, 3.63) is 82.9 Å². The molecular weight excluding hydrogens is 400 g/mol. The molecule has 0 aliphatic heterocycles. The monoisotopic (exact) mass is 430 g/mol. The lowest BCUT2D eigenvalue weighted by Gasteiger charge is -2.36. The molecule has 1 saturated carbocycles. The van der Waals surface area contributed by atoms with Crippen LogP contribution in [0.2, 0.25) is 0 Å². The van der Waals surface area contributed by atoms with Crippen LogP contribution >= 0.6 is 0 Å². The molecule has 4 nitrogen and oxygen atoms in total. The Bertz CT molecular complexity index is 1080. The highest BCUT2D eigenvalue weighted by molar-refractivity contribution is 5.75. The number of carbonyl (C=O) groups is 1. The maximum atomic E-state index is 10.8. The molecule has 166 valence electrons. The van der Waals surface area contributed by atoms with Gasteiger partial charge in [0.25, 0.3) is 0 Å². The van der Waals surface area contributed by atoms with Crippen molar-refractivity contribution in [2.75, 3.05) is 6.61 Å². The Balaban J connectivity index is 1.43. The number of carbonyl (C=O) groups excluding carboxylic acids is 1. The van der Waals surface area contributed by atoms with Crippen molar-refractivity contribution in [2.45, 2.75) is 51.7 Å². The summed E-state index contributed by atoms with van der Waals surface area (Å²) in [5, 5.41) is 10.2. The van der Waals surface area contributed by atoms with Crippen LogP contribution in [0.15, 0.2) is 60.7 Å². The average molecular weight is 431 g/mol. The van der Waals surface area contributed by atoms with Crippen molar-refractivity contribution < 1.29 is 19.4 Å². The van der Waals surface area contributed by atoms with E-state index < -0.39 is 5.60 Å². The summed E-state index contributed by atoms with van der Waals surface area (Å²) in [4.78, 5) is 10.8. The zero-order valence-electron chi connectivity index (χ0n) is 18.8. The van der Waals surface area contributed by atoms with Gasteiger partial charge in [-0.25, -0.2) is 0 Å². The van der Waals surface area contributed by atoms with E-state index in [0.29, 0.717) is 25.2 Å². The molecule has 32 heavy (non-hydrogen) atoms. The Hall–Kier alpha value is -3.11. The number of rotatable bonds is 9. The standard InChI is InChI=1S/C28H30O4/c1-20-17-25(31-16-15-28(30)13-4-14-28)11-12-26(20)27-6-3-5-23(21(27)2)19-32-24-9-7-22(18-29)8-10-24/h3,5-12,17-18,30H,4,13-16,19H2,1-2H3. The first kappa shape index (κ1) is 22.1. The highest BCUT2D eigenvalue weighted by Crippen LogP contribution is 2.35. The molecule has 0 spiro atoms. The van der Waals surface area contributed by atoms with Gasteiger partial charge in [-0.05, 0) is 97.3 Å². The van der Waals surface area contributed by atoms with Crippen molar-refractivity contribution in [1.29, 1.82) is 0 Å². The minimum Gasteiger partial charge on any atom is -0.493 e. The van der Waals surface area contributed by atoms with Crippen LogP contribution in [0.25, 0.3) is 11.1 Å². The molecule has 1 N–H and O–H groups in total. The number of aliphatic hydroxyl groups is 1. The zero-order chi connectivity index (χ0) is 22.6.